The van der Waals surface area contributed by atoms with E-state index < -0.39 is 5.91 Å². The number of aromatic nitrogens is 5. The molecule has 2 rings (SSSR count). The van der Waals surface area contributed by atoms with Crippen LogP contribution >= 0.6 is 0 Å². The first-order valence-electron chi connectivity index (χ1n) is 3.96. The third kappa shape index (κ3) is 1.02. The van der Waals surface area contributed by atoms with Crippen LogP contribution in [0.5, 0.6) is 0 Å². The summed E-state index contributed by atoms with van der Waals surface area (Å²) in [6, 6.07) is 0. The van der Waals surface area contributed by atoms with Gasteiger partial charge in [-0.3, -0.25) is 4.79 Å². The summed E-state index contributed by atoms with van der Waals surface area (Å²) in [6.07, 6.45) is 0. The van der Waals surface area contributed by atoms with E-state index in [1.807, 2.05) is 0 Å². The molecular weight excluding hydrogens is 184 g/mol. The molecule has 0 aliphatic rings. The molecule has 1 amide bonds. The van der Waals surface area contributed by atoms with Crippen molar-refractivity contribution in [1.82, 2.24) is 25.0 Å². The molecule has 0 radical (unpaired) electrons. The third-order valence-electron chi connectivity index (χ3n) is 1.94. The fourth-order valence-corrected chi connectivity index (χ4v) is 1.36. The fraction of sp³-hybridized carbons (Fsp3) is 0.286. The summed E-state index contributed by atoms with van der Waals surface area (Å²) in [6.45, 7) is 3.45. The molecule has 2 aromatic heterocycles. The molecule has 0 spiro atoms. The maximum absolute atomic E-state index is 11.1. The summed E-state index contributed by atoms with van der Waals surface area (Å²) >= 11 is 0. The number of aryl methyl sites for hydroxylation is 2. The van der Waals surface area contributed by atoms with Gasteiger partial charge in [0.2, 0.25) is 0 Å². The minimum absolute atomic E-state index is 0.264. The highest BCUT2D eigenvalue weighted by Crippen LogP contribution is 2.10. The first-order valence-corrected chi connectivity index (χ1v) is 3.96. The van der Waals surface area contributed by atoms with Gasteiger partial charge in [-0.2, -0.15) is 4.52 Å². The van der Waals surface area contributed by atoms with E-state index in [4.69, 9.17) is 5.73 Å². The summed E-state index contributed by atoms with van der Waals surface area (Å²) in [5.41, 5.74) is 6.36. The van der Waals surface area contributed by atoms with E-state index in [0.29, 0.717) is 17.2 Å². The van der Waals surface area contributed by atoms with Gasteiger partial charge in [-0.05, 0) is 24.3 Å². The molecule has 14 heavy (non-hydrogen) atoms. The van der Waals surface area contributed by atoms with E-state index in [9.17, 15) is 4.79 Å². The highest BCUT2D eigenvalue weighted by molar-refractivity contribution is 5.99. The zero-order valence-electron chi connectivity index (χ0n) is 7.72. The van der Waals surface area contributed by atoms with Crippen molar-refractivity contribution in [2.24, 2.45) is 5.73 Å². The largest absolute Gasteiger partial charge is 0.365 e. The SMILES string of the molecule is Cc1nc(C)n2nnnc2c1C(N)=O. The molecule has 0 aromatic carbocycles. The van der Waals surface area contributed by atoms with Gasteiger partial charge < -0.3 is 5.73 Å². The van der Waals surface area contributed by atoms with Crippen LogP contribution in [0.4, 0.5) is 0 Å². The number of carbonyl (C=O) groups is 1. The van der Waals surface area contributed by atoms with E-state index in [1.165, 1.54) is 4.52 Å². The zero-order chi connectivity index (χ0) is 10.3. The van der Waals surface area contributed by atoms with Crippen molar-refractivity contribution < 1.29 is 4.79 Å². The van der Waals surface area contributed by atoms with Crippen LogP contribution in [0.25, 0.3) is 5.65 Å². The van der Waals surface area contributed by atoms with Gasteiger partial charge in [0.15, 0.2) is 5.65 Å². The number of hydrogen-bond acceptors (Lipinski definition) is 5. The minimum Gasteiger partial charge on any atom is -0.365 e. The number of fused-ring (bicyclic) bond motifs is 1. The zero-order valence-corrected chi connectivity index (χ0v) is 7.72. The van der Waals surface area contributed by atoms with Gasteiger partial charge >= 0.3 is 0 Å². The molecule has 0 bridgehead atoms. The molecule has 0 saturated heterocycles. The Balaban J connectivity index is 2.93. The van der Waals surface area contributed by atoms with Gasteiger partial charge in [0.05, 0.1) is 5.69 Å². The standard InChI is InChI=1S/C7H8N6O/c1-3-5(6(8)14)7-10-11-12-13(7)4(2)9-3/h1-2H3,(H2,8,14). The Bertz CT molecular complexity index is 516. The monoisotopic (exact) mass is 192 g/mol. The predicted molar refractivity (Wildman–Crippen MR) is 46.6 cm³/mol. The van der Waals surface area contributed by atoms with Crippen LogP contribution in [0.3, 0.4) is 0 Å². The van der Waals surface area contributed by atoms with Crippen LogP contribution in [-0.4, -0.2) is 30.9 Å². The molecule has 0 aliphatic heterocycles. The van der Waals surface area contributed by atoms with Crippen LogP contribution in [0.15, 0.2) is 0 Å². The second-order valence-corrected chi connectivity index (χ2v) is 2.90. The first-order chi connectivity index (χ1) is 6.61. The number of rotatable bonds is 1. The van der Waals surface area contributed by atoms with Gasteiger partial charge in [-0.25, -0.2) is 4.98 Å². The van der Waals surface area contributed by atoms with E-state index in [0.717, 1.165) is 0 Å². The summed E-state index contributed by atoms with van der Waals surface area (Å²) < 4.78 is 1.38. The van der Waals surface area contributed by atoms with Crippen molar-refractivity contribution in [3.63, 3.8) is 0 Å². The quantitative estimate of drug-likeness (QED) is 0.639. The number of hydrogen-bond donors (Lipinski definition) is 1. The molecule has 72 valence electrons. The van der Waals surface area contributed by atoms with Crippen LogP contribution in [0.2, 0.25) is 0 Å². The van der Waals surface area contributed by atoms with Crippen molar-refractivity contribution in [3.05, 3.63) is 17.1 Å². The van der Waals surface area contributed by atoms with Crippen molar-refractivity contribution in [3.8, 4) is 0 Å². The molecule has 0 fully saturated rings. The average molecular weight is 192 g/mol. The van der Waals surface area contributed by atoms with Crippen LogP contribution in [0.1, 0.15) is 21.9 Å². The number of carbonyl (C=O) groups excluding carboxylic acids is 1. The van der Waals surface area contributed by atoms with Crippen molar-refractivity contribution >= 4 is 11.6 Å². The van der Waals surface area contributed by atoms with Crippen molar-refractivity contribution in [2.45, 2.75) is 13.8 Å². The van der Waals surface area contributed by atoms with Gasteiger partial charge in [0.25, 0.3) is 5.91 Å². The lowest BCUT2D eigenvalue weighted by molar-refractivity contribution is 0.100. The van der Waals surface area contributed by atoms with Crippen LogP contribution < -0.4 is 5.73 Å². The van der Waals surface area contributed by atoms with Crippen molar-refractivity contribution in [2.75, 3.05) is 0 Å². The Kier molecular flexibility index (Phi) is 1.66. The number of nitrogens with zero attached hydrogens (tertiary/aromatic N) is 5. The fourth-order valence-electron chi connectivity index (χ4n) is 1.36. The maximum atomic E-state index is 11.1. The molecule has 2 heterocycles. The van der Waals surface area contributed by atoms with E-state index in [1.54, 1.807) is 13.8 Å². The normalized spacial score (nSPS) is 10.7. The Hall–Kier alpha value is -2.05. The maximum Gasteiger partial charge on any atom is 0.254 e. The number of primary amides is 1. The van der Waals surface area contributed by atoms with Gasteiger partial charge in [-0.1, -0.05) is 0 Å². The van der Waals surface area contributed by atoms with Gasteiger partial charge in [0, 0.05) is 0 Å². The number of tetrazole rings is 1. The summed E-state index contributed by atoms with van der Waals surface area (Å²) in [7, 11) is 0. The van der Waals surface area contributed by atoms with Crippen LogP contribution in [0, 0.1) is 13.8 Å². The molecular formula is C7H8N6O. The van der Waals surface area contributed by atoms with Gasteiger partial charge in [-0.15, -0.1) is 5.10 Å². The number of amides is 1. The van der Waals surface area contributed by atoms with E-state index in [2.05, 4.69) is 20.5 Å². The van der Waals surface area contributed by atoms with E-state index >= 15 is 0 Å². The molecule has 0 aliphatic carbocycles. The molecule has 7 heteroatoms. The second kappa shape index (κ2) is 2.72. The summed E-state index contributed by atoms with van der Waals surface area (Å²) in [4.78, 5) is 15.2. The van der Waals surface area contributed by atoms with E-state index in [-0.39, 0.29) is 5.56 Å². The average Bonchev–Trinajstić information content (AvgIpc) is 2.51. The second-order valence-electron chi connectivity index (χ2n) is 2.90. The lowest BCUT2D eigenvalue weighted by atomic mass is 10.2. The molecule has 0 atom stereocenters. The highest BCUT2D eigenvalue weighted by atomic mass is 16.1. The molecule has 2 N–H and O–H groups in total. The predicted octanol–water partition coefficient (Wildman–Crippen LogP) is -0.765. The lowest BCUT2D eigenvalue weighted by Gasteiger charge is -2.03. The highest BCUT2D eigenvalue weighted by Gasteiger charge is 2.16. The Morgan fingerprint density at radius 2 is 2.14 bits per heavy atom. The summed E-state index contributed by atoms with van der Waals surface area (Å²) in [5.74, 6) is 0.0438. The van der Waals surface area contributed by atoms with Gasteiger partial charge in [0.1, 0.15) is 11.4 Å². The number of nitrogens with two attached hydrogens (primary N) is 1. The molecule has 0 saturated carbocycles. The van der Waals surface area contributed by atoms with Crippen LogP contribution in [-0.2, 0) is 0 Å². The third-order valence-corrected chi connectivity index (χ3v) is 1.94. The first kappa shape index (κ1) is 8.54. The lowest BCUT2D eigenvalue weighted by Crippen LogP contribution is -2.17. The topological polar surface area (TPSA) is 99.1 Å². The Morgan fingerprint density at radius 3 is 2.79 bits per heavy atom. The summed E-state index contributed by atoms with van der Waals surface area (Å²) in [5, 5.41) is 10.9. The Labute approximate surface area is 78.9 Å². The van der Waals surface area contributed by atoms with Crippen molar-refractivity contribution in [1.29, 1.82) is 0 Å². The molecule has 2 aromatic rings. The Morgan fingerprint density at radius 1 is 1.43 bits per heavy atom. The molecule has 7 nitrogen and oxygen atoms in total. The smallest absolute Gasteiger partial charge is 0.254 e. The molecule has 0 unspecified atom stereocenters. The minimum atomic E-state index is -0.574.